The first-order valence-corrected chi connectivity index (χ1v) is 5.70. The summed E-state index contributed by atoms with van der Waals surface area (Å²) in [7, 11) is 0. The largest absolute Gasteiger partial charge is 0.512 e. The highest BCUT2D eigenvalue weighted by atomic mass is 16.3. The monoisotopic (exact) mass is 216 g/mol. The van der Waals surface area contributed by atoms with Gasteiger partial charge in [-0.2, -0.15) is 0 Å². The maximum atomic E-state index is 11.3. The van der Waals surface area contributed by atoms with Gasteiger partial charge in [-0.05, 0) is 23.5 Å². The number of allylic oxidation sites excluding steroid dienone is 2. The second-order valence-electron chi connectivity index (χ2n) is 4.30. The van der Waals surface area contributed by atoms with Gasteiger partial charge in [0.1, 0.15) is 0 Å². The van der Waals surface area contributed by atoms with E-state index in [1.165, 1.54) is 11.6 Å². The number of benzene rings is 1. The smallest absolute Gasteiger partial charge is 0.159 e. The molecule has 2 rings (SSSR count). The minimum absolute atomic E-state index is 0.0216. The lowest BCUT2D eigenvalue weighted by atomic mass is 9.86. The highest BCUT2D eigenvalue weighted by Crippen LogP contribution is 2.30. The van der Waals surface area contributed by atoms with E-state index >= 15 is 0 Å². The van der Waals surface area contributed by atoms with E-state index in [-0.39, 0.29) is 17.5 Å². The second-order valence-corrected chi connectivity index (χ2v) is 4.30. The van der Waals surface area contributed by atoms with Crippen LogP contribution in [0.25, 0.3) is 0 Å². The Kier molecular flexibility index (Phi) is 3.09. The van der Waals surface area contributed by atoms with Crippen molar-refractivity contribution in [2.45, 2.75) is 32.1 Å². The van der Waals surface area contributed by atoms with Gasteiger partial charge in [0.05, 0.1) is 5.76 Å². The van der Waals surface area contributed by atoms with Gasteiger partial charge in [-0.3, -0.25) is 4.79 Å². The molecule has 0 aliphatic heterocycles. The van der Waals surface area contributed by atoms with Crippen molar-refractivity contribution in [3.63, 3.8) is 0 Å². The van der Waals surface area contributed by atoms with Crippen LogP contribution in [0.5, 0.6) is 0 Å². The van der Waals surface area contributed by atoms with Gasteiger partial charge in [-0.25, -0.2) is 0 Å². The van der Waals surface area contributed by atoms with Gasteiger partial charge in [0.15, 0.2) is 5.78 Å². The molecule has 1 aromatic carbocycles. The quantitative estimate of drug-likeness (QED) is 0.824. The molecule has 16 heavy (non-hydrogen) atoms. The Hall–Kier alpha value is -1.57. The van der Waals surface area contributed by atoms with Crippen LogP contribution in [0, 0.1) is 0 Å². The van der Waals surface area contributed by atoms with Gasteiger partial charge in [0.2, 0.25) is 0 Å². The number of ketones is 1. The van der Waals surface area contributed by atoms with Crippen molar-refractivity contribution < 1.29 is 9.90 Å². The summed E-state index contributed by atoms with van der Waals surface area (Å²) in [5.74, 6) is 0.373. The lowest BCUT2D eigenvalue weighted by molar-refractivity contribution is -0.115. The number of aliphatic hydroxyl groups is 1. The molecule has 1 aromatic rings. The molecule has 0 heterocycles. The first kappa shape index (κ1) is 10.9. The highest BCUT2D eigenvalue weighted by Gasteiger charge is 2.21. The molecule has 84 valence electrons. The van der Waals surface area contributed by atoms with Crippen LogP contribution in [-0.2, 0) is 11.2 Å². The zero-order valence-corrected chi connectivity index (χ0v) is 9.44. The lowest BCUT2D eigenvalue weighted by Gasteiger charge is -2.19. The number of aliphatic hydroxyl groups excluding tert-OH is 1. The Morgan fingerprint density at radius 1 is 1.25 bits per heavy atom. The Bertz CT molecular complexity index is 415. The predicted molar refractivity (Wildman–Crippen MR) is 63.5 cm³/mol. The summed E-state index contributed by atoms with van der Waals surface area (Å²) in [6.07, 6.45) is 3.46. The van der Waals surface area contributed by atoms with Gasteiger partial charge in [-0.15, -0.1) is 0 Å². The molecule has 0 saturated carbocycles. The Balaban J connectivity index is 2.18. The molecule has 1 aliphatic rings. The number of rotatable bonds is 2. The molecule has 0 spiro atoms. The zero-order chi connectivity index (χ0) is 11.5. The SMILES string of the molecule is CCc1ccc(C2CC(=O)C=C(O)C2)cc1. The van der Waals surface area contributed by atoms with E-state index < -0.39 is 0 Å². The zero-order valence-electron chi connectivity index (χ0n) is 9.44. The maximum Gasteiger partial charge on any atom is 0.159 e. The molecular weight excluding hydrogens is 200 g/mol. The van der Waals surface area contributed by atoms with E-state index in [1.54, 1.807) is 0 Å². The molecule has 2 heteroatoms. The van der Waals surface area contributed by atoms with Crippen LogP contribution in [-0.4, -0.2) is 10.9 Å². The molecule has 1 aliphatic carbocycles. The molecule has 0 amide bonds. The van der Waals surface area contributed by atoms with Gasteiger partial charge < -0.3 is 5.11 Å². The average Bonchev–Trinajstić information content (AvgIpc) is 2.28. The van der Waals surface area contributed by atoms with Gasteiger partial charge in [-0.1, -0.05) is 31.2 Å². The summed E-state index contributed by atoms with van der Waals surface area (Å²) in [6.45, 7) is 2.12. The molecule has 0 saturated heterocycles. The van der Waals surface area contributed by atoms with Crippen LogP contribution in [0.2, 0.25) is 0 Å². The van der Waals surface area contributed by atoms with Crippen molar-refractivity contribution >= 4 is 5.78 Å². The normalized spacial score (nSPS) is 20.7. The highest BCUT2D eigenvalue weighted by molar-refractivity contribution is 5.91. The Morgan fingerprint density at radius 2 is 1.94 bits per heavy atom. The average molecular weight is 216 g/mol. The first-order chi connectivity index (χ1) is 7.69. The van der Waals surface area contributed by atoms with Gasteiger partial charge in [0.25, 0.3) is 0 Å². The van der Waals surface area contributed by atoms with Crippen LogP contribution >= 0.6 is 0 Å². The summed E-state index contributed by atoms with van der Waals surface area (Å²) >= 11 is 0. The maximum absolute atomic E-state index is 11.3. The number of carbonyl (C=O) groups excluding carboxylic acids is 1. The van der Waals surface area contributed by atoms with E-state index in [9.17, 15) is 9.90 Å². The molecule has 1 unspecified atom stereocenters. The minimum Gasteiger partial charge on any atom is -0.512 e. The second kappa shape index (κ2) is 4.52. The van der Waals surface area contributed by atoms with Gasteiger partial charge >= 0.3 is 0 Å². The summed E-state index contributed by atoms with van der Waals surface area (Å²) < 4.78 is 0. The third-order valence-corrected chi connectivity index (χ3v) is 3.09. The molecule has 0 radical (unpaired) electrons. The number of hydrogen-bond acceptors (Lipinski definition) is 2. The summed E-state index contributed by atoms with van der Waals surface area (Å²) in [5.41, 5.74) is 2.44. The van der Waals surface area contributed by atoms with Crippen molar-refractivity contribution in [1.29, 1.82) is 0 Å². The van der Waals surface area contributed by atoms with Crippen LogP contribution < -0.4 is 0 Å². The lowest BCUT2D eigenvalue weighted by Crippen LogP contribution is -2.12. The van der Waals surface area contributed by atoms with E-state index in [1.807, 2.05) is 0 Å². The summed E-state index contributed by atoms with van der Waals surface area (Å²) in [5, 5.41) is 9.45. The molecule has 0 bridgehead atoms. The topological polar surface area (TPSA) is 37.3 Å². The van der Waals surface area contributed by atoms with Crippen LogP contribution in [0.4, 0.5) is 0 Å². The Morgan fingerprint density at radius 3 is 2.50 bits per heavy atom. The van der Waals surface area contributed by atoms with Crippen molar-refractivity contribution in [1.82, 2.24) is 0 Å². The van der Waals surface area contributed by atoms with Crippen LogP contribution in [0.15, 0.2) is 36.1 Å². The molecule has 1 N–H and O–H groups in total. The molecule has 0 fully saturated rings. The predicted octanol–water partition coefficient (Wildman–Crippen LogP) is 3.14. The van der Waals surface area contributed by atoms with Gasteiger partial charge in [0, 0.05) is 18.9 Å². The first-order valence-electron chi connectivity index (χ1n) is 5.70. The fraction of sp³-hybridized carbons (Fsp3) is 0.357. The van der Waals surface area contributed by atoms with Crippen molar-refractivity contribution in [2.75, 3.05) is 0 Å². The van der Waals surface area contributed by atoms with Crippen LogP contribution in [0.3, 0.4) is 0 Å². The van der Waals surface area contributed by atoms with Crippen molar-refractivity contribution in [2.24, 2.45) is 0 Å². The van der Waals surface area contributed by atoms with E-state index in [0.29, 0.717) is 12.8 Å². The number of aryl methyl sites for hydroxylation is 1. The third-order valence-electron chi connectivity index (χ3n) is 3.09. The summed E-state index contributed by atoms with van der Waals surface area (Å²) in [6, 6.07) is 8.31. The van der Waals surface area contributed by atoms with Crippen molar-refractivity contribution in [3.8, 4) is 0 Å². The van der Waals surface area contributed by atoms with E-state index in [4.69, 9.17) is 0 Å². The number of hydrogen-bond donors (Lipinski definition) is 1. The number of carbonyl (C=O) groups is 1. The van der Waals surface area contributed by atoms with Crippen molar-refractivity contribution in [3.05, 3.63) is 47.2 Å². The Labute approximate surface area is 95.6 Å². The summed E-state index contributed by atoms with van der Waals surface area (Å²) in [4.78, 5) is 11.3. The standard InChI is InChI=1S/C14H16O2/c1-2-10-3-5-11(6-4-10)12-7-13(15)9-14(16)8-12/h3-6,9,12,15H,2,7-8H2,1H3. The minimum atomic E-state index is 0.0216. The fourth-order valence-corrected chi connectivity index (χ4v) is 2.13. The van der Waals surface area contributed by atoms with E-state index in [2.05, 4.69) is 31.2 Å². The fourth-order valence-electron chi connectivity index (χ4n) is 2.13. The molecule has 0 aromatic heterocycles. The van der Waals surface area contributed by atoms with Crippen LogP contribution in [0.1, 0.15) is 36.8 Å². The van der Waals surface area contributed by atoms with E-state index in [0.717, 1.165) is 12.0 Å². The molecule has 1 atom stereocenters. The third kappa shape index (κ3) is 2.32. The molecule has 2 nitrogen and oxygen atoms in total. The molecular formula is C14H16O2.